The van der Waals surface area contributed by atoms with Gasteiger partial charge in [-0.25, -0.2) is 4.98 Å². The van der Waals surface area contributed by atoms with Gasteiger partial charge in [-0.2, -0.15) is 13.7 Å². The van der Waals surface area contributed by atoms with E-state index >= 15 is 0 Å². The first-order valence-corrected chi connectivity index (χ1v) is 15.4. The van der Waals surface area contributed by atoms with Gasteiger partial charge in [0.25, 0.3) is 10.0 Å². The van der Waals surface area contributed by atoms with E-state index in [9.17, 15) is 13.7 Å². The van der Waals surface area contributed by atoms with Gasteiger partial charge in [0.05, 0.1) is 36.0 Å². The van der Waals surface area contributed by atoms with Crippen molar-refractivity contribution < 1.29 is 13.2 Å². The molecule has 2 aromatic heterocycles. The minimum absolute atomic E-state index is 0.0141. The summed E-state index contributed by atoms with van der Waals surface area (Å²) in [6.45, 7) is 7.19. The average Bonchev–Trinajstić information content (AvgIpc) is 3.38. The van der Waals surface area contributed by atoms with E-state index < -0.39 is 15.6 Å². The first-order chi connectivity index (χ1) is 20.4. The van der Waals surface area contributed by atoms with Gasteiger partial charge in [-0.1, -0.05) is 24.3 Å². The lowest BCUT2D eigenvalue weighted by Crippen LogP contribution is -2.58. The highest BCUT2D eigenvalue weighted by Gasteiger charge is 2.53. The van der Waals surface area contributed by atoms with Crippen LogP contribution in [0.4, 0.5) is 11.4 Å². The Labute approximate surface area is 246 Å². The lowest BCUT2D eigenvalue weighted by molar-refractivity contribution is 0.124. The van der Waals surface area contributed by atoms with Crippen LogP contribution in [0.2, 0.25) is 0 Å². The van der Waals surface area contributed by atoms with Crippen LogP contribution in [0.1, 0.15) is 29.2 Å². The maximum Gasteiger partial charge on any atom is 0.281 e. The number of hydrogen-bond donors (Lipinski definition) is 0. The minimum atomic E-state index is -4.03. The van der Waals surface area contributed by atoms with Crippen molar-refractivity contribution in [3.8, 4) is 11.8 Å². The number of para-hydroxylation sites is 1. The molecule has 2 aliphatic rings. The molecule has 6 rings (SSSR count). The molecule has 2 aromatic carbocycles. The number of benzene rings is 2. The summed E-state index contributed by atoms with van der Waals surface area (Å²) in [5.74, 6) is 0.692. The molecule has 1 unspecified atom stereocenters. The Morgan fingerprint density at radius 2 is 1.74 bits per heavy atom. The molecular weight excluding hydrogens is 548 g/mol. The third-order valence-electron chi connectivity index (χ3n) is 8.13. The standard InChI is InChI=1S/C32H32N6O3S/c1-3-41-30-7-5-4-6-27(30)32(37-18-16-36(17-19-37)26-12-14-34-15-13-26)23-38(29-10-9-25(21-33)20-28(29)32)42(39,40)31-11-8-24(2)22-35-31/h4-15,20,22H,3,16-19,23H2,1-2H3. The van der Waals surface area contributed by atoms with Crippen molar-refractivity contribution in [1.82, 2.24) is 14.9 Å². The largest absolute Gasteiger partial charge is 0.494 e. The number of fused-ring (bicyclic) bond motifs is 1. The number of hydrogen-bond acceptors (Lipinski definition) is 8. The number of aromatic nitrogens is 2. The summed E-state index contributed by atoms with van der Waals surface area (Å²) in [7, 11) is -4.03. The van der Waals surface area contributed by atoms with Crippen molar-refractivity contribution in [3.05, 3.63) is 108 Å². The second-order valence-corrected chi connectivity index (χ2v) is 12.3. The van der Waals surface area contributed by atoms with E-state index in [4.69, 9.17) is 4.74 Å². The first-order valence-electron chi connectivity index (χ1n) is 14.0. The van der Waals surface area contributed by atoms with Crippen molar-refractivity contribution in [3.63, 3.8) is 0 Å². The van der Waals surface area contributed by atoms with Crippen molar-refractivity contribution in [1.29, 1.82) is 5.26 Å². The Morgan fingerprint density at radius 3 is 2.43 bits per heavy atom. The predicted molar refractivity (Wildman–Crippen MR) is 161 cm³/mol. The number of nitrogens with zero attached hydrogens (tertiary/aromatic N) is 6. The van der Waals surface area contributed by atoms with Crippen molar-refractivity contribution in [2.45, 2.75) is 24.4 Å². The third kappa shape index (κ3) is 4.65. The molecule has 4 heterocycles. The molecule has 0 N–H and O–H groups in total. The highest BCUT2D eigenvalue weighted by Crippen LogP contribution is 2.52. The number of anilines is 2. The molecule has 0 amide bonds. The normalized spacial score (nSPS) is 18.9. The highest BCUT2D eigenvalue weighted by molar-refractivity contribution is 7.92. The van der Waals surface area contributed by atoms with Gasteiger partial charge in [0.1, 0.15) is 5.75 Å². The van der Waals surface area contributed by atoms with Gasteiger partial charge in [-0.15, -0.1) is 0 Å². The fraction of sp³-hybridized carbons (Fsp3) is 0.281. The number of pyridine rings is 2. The summed E-state index contributed by atoms with van der Waals surface area (Å²) >= 11 is 0. The summed E-state index contributed by atoms with van der Waals surface area (Å²) in [5, 5.41) is 9.89. The summed E-state index contributed by atoms with van der Waals surface area (Å²) < 4.78 is 36.1. The predicted octanol–water partition coefficient (Wildman–Crippen LogP) is 4.33. The first kappa shape index (κ1) is 27.7. The van der Waals surface area contributed by atoms with Crippen LogP contribution in [0.25, 0.3) is 0 Å². The molecule has 9 nitrogen and oxygen atoms in total. The lowest BCUT2D eigenvalue weighted by Gasteiger charge is -2.47. The van der Waals surface area contributed by atoms with E-state index in [1.807, 2.05) is 56.3 Å². The molecule has 0 saturated carbocycles. The quantitative estimate of drug-likeness (QED) is 0.318. The van der Waals surface area contributed by atoms with E-state index in [0.717, 1.165) is 35.5 Å². The Hall–Kier alpha value is -4.46. The average molecular weight is 581 g/mol. The van der Waals surface area contributed by atoms with Crippen LogP contribution >= 0.6 is 0 Å². The fourth-order valence-electron chi connectivity index (χ4n) is 6.13. The molecule has 1 saturated heterocycles. The summed E-state index contributed by atoms with van der Waals surface area (Å²) in [6.07, 6.45) is 5.15. The van der Waals surface area contributed by atoms with Crippen molar-refractivity contribution in [2.75, 3.05) is 48.5 Å². The van der Waals surface area contributed by atoms with E-state index in [1.165, 1.54) is 4.31 Å². The zero-order valence-corrected chi connectivity index (χ0v) is 24.5. The topological polar surface area (TPSA) is 103 Å². The number of rotatable bonds is 7. The summed E-state index contributed by atoms with van der Waals surface area (Å²) in [6, 6.07) is 22.7. The Balaban J connectivity index is 1.52. The van der Waals surface area contributed by atoms with Crippen LogP contribution in [0.3, 0.4) is 0 Å². The molecule has 2 aliphatic heterocycles. The molecule has 0 bridgehead atoms. The Morgan fingerprint density at radius 1 is 0.976 bits per heavy atom. The maximum absolute atomic E-state index is 14.2. The molecule has 10 heteroatoms. The number of sulfonamides is 1. The minimum Gasteiger partial charge on any atom is -0.494 e. The molecule has 4 aromatic rings. The van der Waals surface area contributed by atoms with Gasteiger partial charge in [0.15, 0.2) is 5.03 Å². The van der Waals surface area contributed by atoms with Gasteiger partial charge in [0.2, 0.25) is 0 Å². The fourth-order valence-corrected chi connectivity index (χ4v) is 7.56. The maximum atomic E-state index is 14.2. The van der Waals surface area contributed by atoms with E-state index in [-0.39, 0.29) is 11.6 Å². The van der Waals surface area contributed by atoms with Crippen LogP contribution in [0.5, 0.6) is 5.75 Å². The van der Waals surface area contributed by atoms with Crippen LogP contribution in [-0.4, -0.2) is 62.6 Å². The molecule has 0 radical (unpaired) electrons. The van der Waals surface area contributed by atoms with Gasteiger partial charge in [-0.3, -0.25) is 14.2 Å². The molecule has 0 aliphatic carbocycles. The highest BCUT2D eigenvalue weighted by atomic mass is 32.2. The monoisotopic (exact) mass is 580 g/mol. The van der Waals surface area contributed by atoms with Crippen LogP contribution < -0.4 is 13.9 Å². The second kappa shape index (κ2) is 11.1. The van der Waals surface area contributed by atoms with Crippen molar-refractivity contribution in [2.24, 2.45) is 0 Å². The van der Waals surface area contributed by atoms with E-state index in [1.54, 1.807) is 42.9 Å². The lowest BCUT2D eigenvalue weighted by atomic mass is 9.81. The number of ether oxygens (including phenoxy) is 1. The van der Waals surface area contributed by atoms with Gasteiger partial charge in [0, 0.05) is 61.6 Å². The van der Waals surface area contributed by atoms with Crippen molar-refractivity contribution >= 4 is 21.4 Å². The smallest absolute Gasteiger partial charge is 0.281 e. The molecule has 1 atom stereocenters. The number of piperazine rings is 1. The van der Waals surface area contributed by atoms with Gasteiger partial charge in [-0.05, 0) is 61.9 Å². The zero-order valence-electron chi connectivity index (χ0n) is 23.6. The van der Waals surface area contributed by atoms with Crippen LogP contribution in [0.15, 0.2) is 90.3 Å². The third-order valence-corrected chi connectivity index (χ3v) is 9.81. The molecule has 214 valence electrons. The Bertz CT molecular complexity index is 1730. The summed E-state index contributed by atoms with van der Waals surface area (Å²) in [4.78, 5) is 13.1. The van der Waals surface area contributed by atoms with Gasteiger partial charge >= 0.3 is 0 Å². The molecule has 1 fully saturated rings. The van der Waals surface area contributed by atoms with E-state index in [0.29, 0.717) is 36.7 Å². The van der Waals surface area contributed by atoms with E-state index in [2.05, 4.69) is 25.8 Å². The zero-order chi connectivity index (χ0) is 29.3. The second-order valence-electron chi connectivity index (χ2n) is 10.5. The van der Waals surface area contributed by atoms with Crippen LogP contribution in [0, 0.1) is 18.3 Å². The molecule has 42 heavy (non-hydrogen) atoms. The summed E-state index contributed by atoms with van der Waals surface area (Å²) in [5.41, 5.74) is 3.71. The molecule has 0 spiro atoms. The van der Waals surface area contributed by atoms with Gasteiger partial charge < -0.3 is 9.64 Å². The number of aryl methyl sites for hydroxylation is 1. The Kier molecular flexibility index (Phi) is 7.31. The van der Waals surface area contributed by atoms with Crippen LogP contribution in [-0.2, 0) is 15.6 Å². The SMILES string of the molecule is CCOc1ccccc1C1(N2CCN(c3ccncc3)CC2)CN(S(=O)(=O)c2ccc(C)cn2)c2ccc(C#N)cc21. The molecular formula is C32H32N6O3S. The number of nitriles is 1.